The van der Waals surface area contributed by atoms with Crippen LogP contribution in [0.1, 0.15) is 77.5 Å². The number of rotatable bonds is 13. The van der Waals surface area contributed by atoms with Crippen molar-refractivity contribution in [1.82, 2.24) is 10.6 Å². The van der Waals surface area contributed by atoms with Gasteiger partial charge in [0.05, 0.1) is 0 Å². The van der Waals surface area contributed by atoms with Crippen molar-refractivity contribution in [3.05, 3.63) is 83.2 Å². The zero-order valence-electron chi connectivity index (χ0n) is 18.7. The van der Waals surface area contributed by atoms with Crippen LogP contribution in [0.3, 0.4) is 0 Å². The van der Waals surface area contributed by atoms with Crippen molar-refractivity contribution in [3.63, 3.8) is 0 Å². The molecular formula is C26H40N2. The number of unbranched alkanes of at least 4 members (excludes halogenated alkanes) is 1. The molecule has 0 saturated carbocycles. The Balaban J connectivity index is 2.51. The first kappa shape index (κ1) is 24.0. The summed E-state index contributed by atoms with van der Waals surface area (Å²) >= 11 is 0. The maximum atomic E-state index is 4.21. The lowest BCUT2D eigenvalue weighted by Crippen LogP contribution is -2.18. The molecule has 1 aromatic carbocycles. The Hall–Kier alpha value is -2.06. The van der Waals surface area contributed by atoms with Gasteiger partial charge in [-0.3, -0.25) is 0 Å². The molecule has 0 heterocycles. The lowest BCUT2D eigenvalue weighted by molar-refractivity contribution is 0.597. The predicted octanol–water partition coefficient (Wildman–Crippen LogP) is 6.99. The first-order valence-corrected chi connectivity index (χ1v) is 10.6. The molecule has 2 nitrogen and oxygen atoms in total. The molecule has 1 aromatic rings. The lowest BCUT2D eigenvalue weighted by atomic mass is 10.0. The summed E-state index contributed by atoms with van der Waals surface area (Å²) in [5.41, 5.74) is 7.46. The molecule has 0 radical (unpaired) electrons. The van der Waals surface area contributed by atoms with Crippen LogP contribution in [-0.2, 0) is 6.42 Å². The SMILES string of the molecule is C=C(C)CCCC/C(C)=C/C=C(\C)NC(=C)Cc1cccc(C(C)NCC)c1. The van der Waals surface area contributed by atoms with Gasteiger partial charge < -0.3 is 10.6 Å². The second kappa shape index (κ2) is 13.2. The van der Waals surface area contributed by atoms with E-state index in [0.717, 1.165) is 37.2 Å². The summed E-state index contributed by atoms with van der Waals surface area (Å²) in [7, 11) is 0. The van der Waals surface area contributed by atoms with Gasteiger partial charge in [0.2, 0.25) is 0 Å². The molecular weight excluding hydrogens is 340 g/mol. The topological polar surface area (TPSA) is 24.1 Å². The van der Waals surface area contributed by atoms with E-state index in [1.165, 1.54) is 35.1 Å². The Bertz CT molecular complexity index is 694. The van der Waals surface area contributed by atoms with Crippen molar-refractivity contribution < 1.29 is 0 Å². The molecule has 2 N–H and O–H groups in total. The van der Waals surface area contributed by atoms with Crippen molar-refractivity contribution in [3.8, 4) is 0 Å². The standard InChI is InChI=1S/C26H40N2/c1-8-27-24(7)26-15-11-14-25(19-26)18-23(6)28-22(5)17-16-21(4)13-10-9-12-20(2)3/h11,14-17,19,24,27-28H,2,6,8-10,12-13,18H2,1,3-5,7H3/b21-16+,22-17+. The van der Waals surface area contributed by atoms with Crippen molar-refractivity contribution in [1.29, 1.82) is 0 Å². The minimum atomic E-state index is 0.372. The van der Waals surface area contributed by atoms with Gasteiger partial charge in [-0.1, -0.05) is 55.0 Å². The third-order valence-electron chi connectivity index (χ3n) is 4.80. The highest BCUT2D eigenvalue weighted by molar-refractivity contribution is 5.29. The van der Waals surface area contributed by atoms with E-state index < -0.39 is 0 Å². The largest absolute Gasteiger partial charge is 0.363 e. The Morgan fingerprint density at radius 2 is 1.79 bits per heavy atom. The summed E-state index contributed by atoms with van der Waals surface area (Å²) in [5.74, 6) is 0. The number of benzene rings is 1. The van der Waals surface area contributed by atoms with Crippen LogP contribution in [0.15, 0.2) is 72.1 Å². The highest BCUT2D eigenvalue weighted by Crippen LogP contribution is 2.16. The second-order valence-electron chi connectivity index (χ2n) is 7.96. The summed E-state index contributed by atoms with van der Waals surface area (Å²) in [4.78, 5) is 0. The van der Waals surface area contributed by atoms with Crippen LogP contribution in [-0.4, -0.2) is 6.54 Å². The van der Waals surface area contributed by atoms with E-state index in [0.29, 0.717) is 6.04 Å². The quantitative estimate of drug-likeness (QED) is 0.219. The molecule has 0 aliphatic heterocycles. The molecule has 0 bridgehead atoms. The molecule has 0 aliphatic rings. The van der Waals surface area contributed by atoms with Crippen LogP contribution >= 0.6 is 0 Å². The first-order chi connectivity index (χ1) is 13.3. The van der Waals surface area contributed by atoms with Crippen molar-refractivity contribution >= 4 is 0 Å². The molecule has 0 aromatic heterocycles. The van der Waals surface area contributed by atoms with Gasteiger partial charge >= 0.3 is 0 Å². The summed E-state index contributed by atoms with van der Waals surface area (Å²) in [5, 5.41) is 6.90. The molecule has 0 spiro atoms. The highest BCUT2D eigenvalue weighted by Gasteiger charge is 2.05. The highest BCUT2D eigenvalue weighted by atomic mass is 14.9. The normalized spacial score (nSPS) is 13.3. The fraction of sp³-hybridized carbons (Fsp3) is 0.462. The predicted molar refractivity (Wildman–Crippen MR) is 125 cm³/mol. The van der Waals surface area contributed by atoms with Crippen LogP contribution in [0, 0.1) is 0 Å². The summed E-state index contributed by atoms with van der Waals surface area (Å²) in [6.45, 7) is 19.9. The van der Waals surface area contributed by atoms with Gasteiger partial charge in [0.25, 0.3) is 0 Å². The molecule has 0 aliphatic carbocycles. The fourth-order valence-corrected chi connectivity index (χ4v) is 3.19. The average Bonchev–Trinajstić information content (AvgIpc) is 2.63. The maximum absolute atomic E-state index is 4.21. The fourth-order valence-electron chi connectivity index (χ4n) is 3.19. The summed E-state index contributed by atoms with van der Waals surface area (Å²) in [6, 6.07) is 9.13. The summed E-state index contributed by atoms with van der Waals surface area (Å²) in [6.07, 6.45) is 9.94. The van der Waals surface area contributed by atoms with E-state index >= 15 is 0 Å². The van der Waals surface area contributed by atoms with E-state index in [2.05, 4.69) is 94.8 Å². The van der Waals surface area contributed by atoms with Gasteiger partial charge in [0.15, 0.2) is 0 Å². The van der Waals surface area contributed by atoms with E-state index in [-0.39, 0.29) is 0 Å². The first-order valence-electron chi connectivity index (χ1n) is 10.6. The maximum Gasteiger partial charge on any atom is 0.0291 e. The average molecular weight is 381 g/mol. The monoisotopic (exact) mass is 380 g/mol. The van der Waals surface area contributed by atoms with E-state index in [1.54, 1.807) is 0 Å². The number of hydrogen-bond acceptors (Lipinski definition) is 2. The molecule has 1 rings (SSSR count). The van der Waals surface area contributed by atoms with Crippen molar-refractivity contribution in [2.75, 3.05) is 6.54 Å². The third-order valence-corrected chi connectivity index (χ3v) is 4.80. The van der Waals surface area contributed by atoms with E-state index in [1.807, 2.05) is 0 Å². The zero-order chi connectivity index (χ0) is 20.9. The molecule has 1 atom stereocenters. The Kier molecular flexibility index (Phi) is 11.3. The minimum Gasteiger partial charge on any atom is -0.363 e. The molecule has 154 valence electrons. The molecule has 2 heteroatoms. The minimum absolute atomic E-state index is 0.372. The number of allylic oxidation sites excluding steroid dienone is 6. The Morgan fingerprint density at radius 3 is 2.46 bits per heavy atom. The molecule has 0 saturated heterocycles. The zero-order valence-corrected chi connectivity index (χ0v) is 18.7. The molecule has 0 fully saturated rings. The van der Waals surface area contributed by atoms with Gasteiger partial charge in [-0.15, -0.1) is 6.58 Å². The smallest absolute Gasteiger partial charge is 0.0291 e. The Morgan fingerprint density at radius 1 is 1.07 bits per heavy atom. The molecule has 0 amide bonds. The second-order valence-corrected chi connectivity index (χ2v) is 7.96. The van der Waals surface area contributed by atoms with Gasteiger partial charge in [0, 0.05) is 23.9 Å². The number of nitrogens with one attached hydrogen (secondary N) is 2. The van der Waals surface area contributed by atoms with E-state index in [4.69, 9.17) is 0 Å². The van der Waals surface area contributed by atoms with Gasteiger partial charge in [0.1, 0.15) is 0 Å². The third kappa shape index (κ3) is 10.3. The van der Waals surface area contributed by atoms with Gasteiger partial charge in [-0.25, -0.2) is 0 Å². The summed E-state index contributed by atoms with van der Waals surface area (Å²) < 4.78 is 0. The van der Waals surface area contributed by atoms with Crippen molar-refractivity contribution in [2.24, 2.45) is 0 Å². The van der Waals surface area contributed by atoms with Crippen LogP contribution in [0.2, 0.25) is 0 Å². The van der Waals surface area contributed by atoms with Gasteiger partial charge in [-0.2, -0.15) is 0 Å². The van der Waals surface area contributed by atoms with Crippen LogP contribution in [0.4, 0.5) is 0 Å². The van der Waals surface area contributed by atoms with Crippen molar-refractivity contribution in [2.45, 2.75) is 72.8 Å². The number of hydrogen-bond donors (Lipinski definition) is 2. The Labute approximate surface area is 173 Å². The van der Waals surface area contributed by atoms with Gasteiger partial charge in [-0.05, 0) is 77.1 Å². The van der Waals surface area contributed by atoms with Crippen LogP contribution in [0.5, 0.6) is 0 Å². The molecule has 1 unspecified atom stereocenters. The van der Waals surface area contributed by atoms with E-state index in [9.17, 15) is 0 Å². The van der Waals surface area contributed by atoms with Crippen LogP contribution in [0.25, 0.3) is 0 Å². The molecule has 28 heavy (non-hydrogen) atoms. The lowest BCUT2D eigenvalue weighted by Gasteiger charge is -2.15. The van der Waals surface area contributed by atoms with Crippen LogP contribution < -0.4 is 10.6 Å².